The van der Waals surface area contributed by atoms with Crippen molar-refractivity contribution >= 4 is 0 Å². The van der Waals surface area contributed by atoms with Gasteiger partial charge in [-0.25, -0.2) is 8.78 Å². The first-order valence-electron chi connectivity index (χ1n) is 8.11. The van der Waals surface area contributed by atoms with E-state index in [1.54, 1.807) is 0 Å². The fraction of sp³-hybridized carbons (Fsp3) is 0.647. The van der Waals surface area contributed by atoms with Crippen molar-refractivity contribution in [1.29, 1.82) is 0 Å². The van der Waals surface area contributed by atoms with Gasteiger partial charge < -0.3 is 4.90 Å². The molecule has 3 rings (SSSR count). The van der Waals surface area contributed by atoms with Gasteiger partial charge in [-0.1, -0.05) is 30.3 Å². The van der Waals surface area contributed by atoms with Gasteiger partial charge in [0.15, 0.2) is 0 Å². The Bertz CT molecular complexity index is 501. The summed E-state index contributed by atoms with van der Waals surface area (Å²) in [6, 6.07) is 10.4. The molecular formula is C17H22F4N2. The van der Waals surface area contributed by atoms with E-state index in [-0.39, 0.29) is 0 Å². The molecule has 0 spiro atoms. The van der Waals surface area contributed by atoms with Crippen LogP contribution in [0.15, 0.2) is 30.3 Å². The number of piperazine rings is 1. The molecule has 1 aliphatic carbocycles. The summed E-state index contributed by atoms with van der Waals surface area (Å²) >= 11 is 0. The van der Waals surface area contributed by atoms with Gasteiger partial charge in [0, 0.05) is 32.7 Å². The number of hydrogen-bond acceptors (Lipinski definition) is 2. The standard InChI is InChI=1S/C17H22F4N2/c18-16(19)17(20,21)12-23-8-6-22(7-9-23)11-14-10-15(14)13-4-2-1-3-5-13/h1-5,14-16H,6-12H2/t14-,15-/m0/s1. The second kappa shape index (κ2) is 6.77. The summed E-state index contributed by atoms with van der Waals surface area (Å²) < 4.78 is 50.6. The number of rotatable bonds is 6. The zero-order valence-corrected chi connectivity index (χ0v) is 13.0. The zero-order valence-electron chi connectivity index (χ0n) is 13.0. The first kappa shape index (κ1) is 16.7. The predicted octanol–water partition coefficient (Wildman–Crippen LogP) is 3.31. The molecule has 0 aromatic heterocycles. The molecule has 128 valence electrons. The van der Waals surface area contributed by atoms with Gasteiger partial charge in [-0.05, 0) is 23.8 Å². The highest BCUT2D eigenvalue weighted by atomic mass is 19.3. The molecule has 1 aliphatic heterocycles. The number of alkyl halides is 4. The molecular weight excluding hydrogens is 308 g/mol. The Balaban J connectivity index is 1.41. The third kappa shape index (κ3) is 4.23. The van der Waals surface area contributed by atoms with Crippen LogP contribution in [-0.2, 0) is 0 Å². The van der Waals surface area contributed by atoms with E-state index in [0.717, 1.165) is 6.54 Å². The van der Waals surface area contributed by atoms with Gasteiger partial charge in [0.2, 0.25) is 0 Å². The summed E-state index contributed by atoms with van der Waals surface area (Å²) in [6.45, 7) is 2.36. The fourth-order valence-electron chi connectivity index (χ4n) is 3.39. The second-order valence-electron chi connectivity index (χ2n) is 6.65. The second-order valence-corrected chi connectivity index (χ2v) is 6.65. The van der Waals surface area contributed by atoms with Crippen molar-refractivity contribution in [2.75, 3.05) is 39.3 Å². The van der Waals surface area contributed by atoms with Crippen LogP contribution in [0.2, 0.25) is 0 Å². The number of hydrogen-bond donors (Lipinski definition) is 0. The van der Waals surface area contributed by atoms with Gasteiger partial charge in [0.25, 0.3) is 0 Å². The SMILES string of the molecule is FC(F)C(F)(F)CN1CCN(C[C@@H]2C[C@H]2c2ccccc2)CC1. The van der Waals surface area contributed by atoms with E-state index in [1.165, 1.54) is 16.9 Å². The van der Waals surface area contributed by atoms with E-state index >= 15 is 0 Å². The van der Waals surface area contributed by atoms with E-state index < -0.39 is 18.9 Å². The topological polar surface area (TPSA) is 6.48 Å². The molecule has 6 heteroatoms. The minimum absolute atomic E-state index is 0.436. The van der Waals surface area contributed by atoms with E-state index in [9.17, 15) is 17.6 Å². The molecule has 2 atom stereocenters. The Morgan fingerprint density at radius 3 is 2.22 bits per heavy atom. The molecule has 2 fully saturated rings. The normalized spacial score (nSPS) is 26.7. The van der Waals surface area contributed by atoms with Crippen LogP contribution < -0.4 is 0 Å². The summed E-state index contributed by atoms with van der Waals surface area (Å²) in [5.74, 6) is -2.67. The lowest BCUT2D eigenvalue weighted by atomic mass is 10.1. The van der Waals surface area contributed by atoms with Gasteiger partial charge in [-0.15, -0.1) is 0 Å². The number of halogens is 4. The van der Waals surface area contributed by atoms with Gasteiger partial charge in [-0.3, -0.25) is 4.90 Å². The molecule has 1 aromatic carbocycles. The lowest BCUT2D eigenvalue weighted by Gasteiger charge is -2.36. The lowest BCUT2D eigenvalue weighted by molar-refractivity contribution is -0.145. The largest absolute Gasteiger partial charge is 0.319 e. The zero-order chi connectivity index (χ0) is 16.4. The maximum atomic E-state index is 13.1. The van der Waals surface area contributed by atoms with Crippen LogP contribution >= 0.6 is 0 Å². The molecule has 1 aromatic rings. The van der Waals surface area contributed by atoms with Crippen molar-refractivity contribution in [2.24, 2.45) is 5.92 Å². The summed E-state index contributed by atoms with van der Waals surface area (Å²) in [4.78, 5) is 3.72. The van der Waals surface area contributed by atoms with Crippen molar-refractivity contribution in [2.45, 2.75) is 24.7 Å². The minimum Gasteiger partial charge on any atom is -0.300 e. The van der Waals surface area contributed by atoms with Crippen LogP contribution in [-0.4, -0.2) is 61.4 Å². The number of benzene rings is 1. The third-order valence-corrected chi connectivity index (χ3v) is 4.86. The molecule has 0 amide bonds. The van der Waals surface area contributed by atoms with Gasteiger partial charge in [0.05, 0.1) is 6.54 Å². The molecule has 0 radical (unpaired) electrons. The molecule has 0 bridgehead atoms. The van der Waals surface area contributed by atoms with Crippen molar-refractivity contribution < 1.29 is 17.6 Å². The Hall–Kier alpha value is -1.14. The molecule has 0 unspecified atom stereocenters. The Kier molecular flexibility index (Phi) is 4.92. The first-order valence-corrected chi connectivity index (χ1v) is 8.11. The van der Waals surface area contributed by atoms with Crippen LogP contribution in [0.4, 0.5) is 17.6 Å². The molecule has 1 saturated carbocycles. The highest BCUT2D eigenvalue weighted by Crippen LogP contribution is 2.47. The van der Waals surface area contributed by atoms with Gasteiger partial charge >= 0.3 is 12.3 Å². The highest BCUT2D eigenvalue weighted by molar-refractivity contribution is 5.25. The minimum atomic E-state index is -3.91. The van der Waals surface area contributed by atoms with Crippen LogP contribution in [0.5, 0.6) is 0 Å². The Labute approximate surface area is 134 Å². The summed E-state index contributed by atoms with van der Waals surface area (Å²) in [6.07, 6.45) is -2.41. The molecule has 2 nitrogen and oxygen atoms in total. The predicted molar refractivity (Wildman–Crippen MR) is 81.1 cm³/mol. The first-order chi connectivity index (χ1) is 11.0. The Morgan fingerprint density at radius 1 is 1.00 bits per heavy atom. The van der Waals surface area contributed by atoms with Crippen LogP contribution in [0.3, 0.4) is 0 Å². The molecule has 1 saturated heterocycles. The van der Waals surface area contributed by atoms with Crippen molar-refractivity contribution in [1.82, 2.24) is 9.80 Å². The molecule has 0 N–H and O–H groups in total. The Morgan fingerprint density at radius 2 is 1.61 bits per heavy atom. The summed E-state index contributed by atoms with van der Waals surface area (Å²) in [7, 11) is 0. The smallest absolute Gasteiger partial charge is 0.300 e. The molecule has 1 heterocycles. The average molecular weight is 330 g/mol. The highest BCUT2D eigenvalue weighted by Gasteiger charge is 2.43. The lowest BCUT2D eigenvalue weighted by Crippen LogP contribution is -2.51. The van der Waals surface area contributed by atoms with Crippen molar-refractivity contribution in [3.63, 3.8) is 0 Å². The summed E-state index contributed by atoms with van der Waals surface area (Å²) in [5.41, 5.74) is 1.37. The van der Waals surface area contributed by atoms with E-state index in [4.69, 9.17) is 0 Å². The van der Waals surface area contributed by atoms with Gasteiger partial charge in [-0.2, -0.15) is 8.78 Å². The summed E-state index contributed by atoms with van der Waals surface area (Å²) in [5, 5.41) is 0. The van der Waals surface area contributed by atoms with E-state index in [2.05, 4.69) is 17.0 Å². The monoisotopic (exact) mass is 330 g/mol. The van der Waals surface area contributed by atoms with E-state index in [1.807, 2.05) is 18.2 Å². The number of nitrogens with zero attached hydrogens (tertiary/aromatic N) is 2. The maximum Gasteiger partial charge on any atom is 0.319 e. The fourth-order valence-corrected chi connectivity index (χ4v) is 3.39. The third-order valence-electron chi connectivity index (χ3n) is 4.86. The molecule has 23 heavy (non-hydrogen) atoms. The molecule has 2 aliphatic rings. The van der Waals surface area contributed by atoms with Crippen LogP contribution in [0.1, 0.15) is 17.9 Å². The van der Waals surface area contributed by atoms with Crippen LogP contribution in [0, 0.1) is 5.92 Å². The van der Waals surface area contributed by atoms with Crippen LogP contribution in [0.25, 0.3) is 0 Å². The van der Waals surface area contributed by atoms with Gasteiger partial charge in [0.1, 0.15) is 0 Å². The quantitative estimate of drug-likeness (QED) is 0.739. The average Bonchev–Trinajstić information content (AvgIpc) is 3.29. The van der Waals surface area contributed by atoms with Crippen molar-refractivity contribution in [3.8, 4) is 0 Å². The van der Waals surface area contributed by atoms with Crippen molar-refractivity contribution in [3.05, 3.63) is 35.9 Å². The maximum absolute atomic E-state index is 13.1. The van der Waals surface area contributed by atoms with E-state index in [0.29, 0.717) is 38.0 Å².